The molecule has 0 bridgehead atoms. The van der Waals surface area contributed by atoms with Gasteiger partial charge < -0.3 is 4.90 Å². The normalized spacial score (nSPS) is 15.3. The first-order valence-electron chi connectivity index (χ1n) is 9.64. The van der Waals surface area contributed by atoms with Gasteiger partial charge in [0, 0.05) is 29.6 Å². The lowest BCUT2D eigenvalue weighted by molar-refractivity contribution is -0.137. The molecule has 4 rings (SSSR count). The van der Waals surface area contributed by atoms with Crippen LogP contribution in [0.25, 0.3) is 5.69 Å². The molecule has 0 aliphatic carbocycles. The van der Waals surface area contributed by atoms with Crippen molar-refractivity contribution in [2.45, 2.75) is 24.9 Å². The highest BCUT2D eigenvalue weighted by Crippen LogP contribution is 2.31. The van der Waals surface area contributed by atoms with Crippen LogP contribution >= 0.6 is 11.6 Å². The summed E-state index contributed by atoms with van der Waals surface area (Å²) in [5.41, 5.74) is -0.638. The molecule has 10 heteroatoms. The highest BCUT2D eigenvalue weighted by Gasteiger charge is 2.32. The zero-order valence-corrected chi connectivity index (χ0v) is 17.0. The molecular formula is C21H18ClF3N4O2. The average molecular weight is 451 g/mol. The van der Waals surface area contributed by atoms with Gasteiger partial charge in [-0.25, -0.2) is 4.79 Å². The van der Waals surface area contributed by atoms with Crippen molar-refractivity contribution in [3.63, 3.8) is 0 Å². The van der Waals surface area contributed by atoms with E-state index in [0.717, 1.165) is 12.1 Å². The van der Waals surface area contributed by atoms with E-state index in [1.807, 2.05) is 0 Å². The first-order valence-corrected chi connectivity index (χ1v) is 10.0. The smallest absolute Gasteiger partial charge is 0.339 e. The Morgan fingerprint density at radius 3 is 2.42 bits per heavy atom. The summed E-state index contributed by atoms with van der Waals surface area (Å²) in [6.07, 6.45) is -3.42. The van der Waals surface area contributed by atoms with Crippen LogP contribution in [0.2, 0.25) is 5.02 Å². The average Bonchev–Trinajstić information content (AvgIpc) is 3.15. The number of amides is 1. The van der Waals surface area contributed by atoms with Gasteiger partial charge in [0.05, 0.1) is 11.3 Å². The molecule has 1 aliphatic rings. The molecule has 0 saturated carbocycles. The molecule has 162 valence electrons. The highest BCUT2D eigenvalue weighted by atomic mass is 35.5. The number of rotatable bonds is 3. The van der Waals surface area contributed by atoms with E-state index in [1.54, 1.807) is 24.3 Å². The summed E-state index contributed by atoms with van der Waals surface area (Å²) in [5.74, 6) is 0.0164. The summed E-state index contributed by atoms with van der Waals surface area (Å²) in [6, 6.07) is 11.1. The molecule has 2 heterocycles. The van der Waals surface area contributed by atoms with Crippen molar-refractivity contribution in [2.75, 3.05) is 13.1 Å². The second-order valence-electron chi connectivity index (χ2n) is 7.35. The van der Waals surface area contributed by atoms with Crippen LogP contribution in [0.15, 0.2) is 53.3 Å². The molecule has 6 nitrogen and oxygen atoms in total. The summed E-state index contributed by atoms with van der Waals surface area (Å²) in [6.45, 7) is 0.713. The minimum Gasteiger partial charge on any atom is -0.339 e. The van der Waals surface area contributed by atoms with E-state index in [1.165, 1.54) is 21.7 Å². The third-order valence-corrected chi connectivity index (χ3v) is 5.56. The Bertz CT molecular complexity index is 1150. The fraction of sp³-hybridized carbons (Fsp3) is 0.286. The van der Waals surface area contributed by atoms with Crippen molar-refractivity contribution in [3.05, 3.63) is 81.0 Å². The van der Waals surface area contributed by atoms with E-state index in [9.17, 15) is 22.8 Å². The summed E-state index contributed by atoms with van der Waals surface area (Å²) in [5, 5.41) is 4.92. The van der Waals surface area contributed by atoms with Crippen LogP contribution in [-0.2, 0) is 6.18 Å². The molecule has 2 aromatic carbocycles. The Hall–Kier alpha value is -3.07. The van der Waals surface area contributed by atoms with Gasteiger partial charge in [0.2, 0.25) is 0 Å². The Labute approximate surface area is 180 Å². The lowest BCUT2D eigenvalue weighted by Gasteiger charge is -2.31. The molecular weight excluding hydrogens is 433 g/mol. The van der Waals surface area contributed by atoms with Crippen LogP contribution in [0.4, 0.5) is 13.2 Å². The minimum absolute atomic E-state index is 0.00805. The van der Waals surface area contributed by atoms with E-state index >= 15 is 0 Å². The van der Waals surface area contributed by atoms with E-state index < -0.39 is 17.6 Å². The summed E-state index contributed by atoms with van der Waals surface area (Å²) in [7, 11) is 0. The molecule has 0 unspecified atom stereocenters. The number of H-pyrrole nitrogens is 1. The molecule has 1 fully saturated rings. The van der Waals surface area contributed by atoms with Crippen molar-refractivity contribution >= 4 is 17.5 Å². The van der Waals surface area contributed by atoms with Gasteiger partial charge in [0.15, 0.2) is 0 Å². The Morgan fingerprint density at radius 2 is 1.77 bits per heavy atom. The molecule has 1 aromatic heterocycles. The standard InChI is InChI=1S/C21H18ClF3N4O2/c22-16-4-6-17(7-5-16)29-20(31)26-18(27-29)13-8-10-28(11-9-13)19(30)14-2-1-3-15(12-14)21(23,24)25/h1-7,12-13H,8-11H2,(H,26,27,31). The molecule has 1 amide bonds. The van der Waals surface area contributed by atoms with Gasteiger partial charge in [-0.15, -0.1) is 5.10 Å². The predicted molar refractivity (Wildman–Crippen MR) is 109 cm³/mol. The second-order valence-corrected chi connectivity index (χ2v) is 7.79. The van der Waals surface area contributed by atoms with Crippen LogP contribution in [0, 0.1) is 0 Å². The maximum absolute atomic E-state index is 12.9. The van der Waals surface area contributed by atoms with Crippen molar-refractivity contribution in [3.8, 4) is 5.69 Å². The van der Waals surface area contributed by atoms with Gasteiger partial charge in [-0.1, -0.05) is 17.7 Å². The molecule has 1 N–H and O–H groups in total. The van der Waals surface area contributed by atoms with Crippen molar-refractivity contribution in [2.24, 2.45) is 0 Å². The van der Waals surface area contributed by atoms with E-state index in [2.05, 4.69) is 10.1 Å². The second kappa shape index (κ2) is 8.22. The van der Waals surface area contributed by atoms with Crippen LogP contribution in [0.5, 0.6) is 0 Å². The van der Waals surface area contributed by atoms with Crippen molar-refractivity contribution in [1.82, 2.24) is 19.7 Å². The van der Waals surface area contributed by atoms with Gasteiger partial charge in [-0.05, 0) is 55.3 Å². The zero-order chi connectivity index (χ0) is 22.2. The first kappa shape index (κ1) is 21.2. The summed E-state index contributed by atoms with van der Waals surface area (Å²) in [4.78, 5) is 29.2. The maximum atomic E-state index is 12.9. The summed E-state index contributed by atoms with van der Waals surface area (Å²) < 4.78 is 40.0. The topological polar surface area (TPSA) is 71.0 Å². The molecule has 0 atom stereocenters. The van der Waals surface area contributed by atoms with Gasteiger partial charge in [0.1, 0.15) is 5.82 Å². The lowest BCUT2D eigenvalue weighted by Crippen LogP contribution is -2.38. The third kappa shape index (κ3) is 4.51. The van der Waals surface area contributed by atoms with Crippen LogP contribution in [0.3, 0.4) is 0 Å². The number of halogens is 4. The zero-order valence-electron chi connectivity index (χ0n) is 16.2. The van der Waals surface area contributed by atoms with Crippen LogP contribution in [0.1, 0.15) is 40.5 Å². The largest absolute Gasteiger partial charge is 0.416 e. The monoisotopic (exact) mass is 450 g/mol. The number of benzene rings is 2. The quantitative estimate of drug-likeness (QED) is 0.648. The predicted octanol–water partition coefficient (Wildman–Crippen LogP) is 4.25. The van der Waals surface area contributed by atoms with E-state index in [-0.39, 0.29) is 17.2 Å². The van der Waals surface area contributed by atoms with E-state index in [0.29, 0.717) is 42.5 Å². The highest BCUT2D eigenvalue weighted by molar-refractivity contribution is 6.30. The Morgan fingerprint density at radius 1 is 1.10 bits per heavy atom. The number of aromatic nitrogens is 3. The number of aromatic amines is 1. The molecule has 0 radical (unpaired) electrons. The van der Waals surface area contributed by atoms with Gasteiger partial charge in [-0.3, -0.25) is 9.78 Å². The fourth-order valence-corrected chi connectivity index (χ4v) is 3.77. The number of carbonyl (C=O) groups is 1. The molecule has 1 saturated heterocycles. The SMILES string of the molecule is O=C(c1cccc(C(F)(F)F)c1)N1CCC(c2nn(-c3ccc(Cl)cc3)c(=O)[nH]2)CC1. The molecule has 0 spiro atoms. The van der Waals surface area contributed by atoms with Crippen LogP contribution in [-0.4, -0.2) is 38.7 Å². The Balaban J connectivity index is 1.45. The van der Waals surface area contributed by atoms with Crippen LogP contribution < -0.4 is 5.69 Å². The summed E-state index contributed by atoms with van der Waals surface area (Å²) >= 11 is 5.88. The van der Waals surface area contributed by atoms with Gasteiger partial charge in [0.25, 0.3) is 5.91 Å². The van der Waals surface area contributed by atoms with Gasteiger partial charge >= 0.3 is 11.9 Å². The molecule has 1 aliphatic heterocycles. The number of nitrogens with one attached hydrogen (secondary N) is 1. The Kier molecular flexibility index (Phi) is 5.62. The third-order valence-electron chi connectivity index (χ3n) is 5.31. The van der Waals surface area contributed by atoms with Crippen molar-refractivity contribution in [1.29, 1.82) is 0 Å². The van der Waals surface area contributed by atoms with E-state index in [4.69, 9.17) is 11.6 Å². The number of hydrogen-bond donors (Lipinski definition) is 1. The lowest BCUT2D eigenvalue weighted by atomic mass is 9.95. The number of hydrogen-bond acceptors (Lipinski definition) is 3. The number of carbonyl (C=O) groups excluding carboxylic acids is 1. The first-order chi connectivity index (χ1) is 14.7. The number of nitrogens with zero attached hydrogens (tertiary/aromatic N) is 3. The minimum atomic E-state index is -4.50. The fourth-order valence-electron chi connectivity index (χ4n) is 3.65. The van der Waals surface area contributed by atoms with Crippen molar-refractivity contribution < 1.29 is 18.0 Å². The number of piperidine rings is 1. The maximum Gasteiger partial charge on any atom is 0.416 e. The molecule has 31 heavy (non-hydrogen) atoms. The molecule has 3 aromatic rings. The number of likely N-dealkylation sites (tertiary alicyclic amines) is 1. The number of alkyl halides is 3. The van der Waals surface area contributed by atoms with Gasteiger partial charge in [-0.2, -0.15) is 17.9 Å².